The van der Waals surface area contributed by atoms with E-state index in [0.29, 0.717) is 24.4 Å². The van der Waals surface area contributed by atoms with Crippen LogP contribution in [0.2, 0.25) is 0 Å². The molecule has 28 heavy (non-hydrogen) atoms. The number of rotatable bonds is 5. The highest BCUT2D eigenvalue weighted by Crippen LogP contribution is 2.32. The standard InChI is InChI=1S/C23H33N3O2/c1-24(17-18-5-3-2-4-6-18)22(27)20-9-13-25(14-10-20)21-11-15-26(16-12-21)23(28)19-7-8-19/h2-6,19-21H,7-17H2,1H3. The van der Waals surface area contributed by atoms with Crippen molar-refractivity contribution in [1.29, 1.82) is 0 Å². The first-order valence-corrected chi connectivity index (χ1v) is 10.9. The molecule has 2 saturated heterocycles. The van der Waals surface area contributed by atoms with Gasteiger partial charge >= 0.3 is 0 Å². The first-order chi connectivity index (χ1) is 13.6. The fourth-order valence-electron chi connectivity index (χ4n) is 4.80. The van der Waals surface area contributed by atoms with Gasteiger partial charge in [-0.25, -0.2) is 0 Å². The normalized spacial score (nSPS) is 22.2. The number of hydrogen-bond donors (Lipinski definition) is 0. The number of carbonyl (C=O) groups excluding carboxylic acids is 2. The third kappa shape index (κ3) is 4.57. The third-order valence-electron chi connectivity index (χ3n) is 6.74. The van der Waals surface area contributed by atoms with Crippen LogP contribution >= 0.6 is 0 Å². The molecule has 0 bridgehead atoms. The molecule has 0 atom stereocenters. The van der Waals surface area contributed by atoms with Crippen molar-refractivity contribution in [2.45, 2.75) is 51.1 Å². The van der Waals surface area contributed by atoms with Crippen LogP contribution in [0, 0.1) is 11.8 Å². The molecule has 2 aliphatic heterocycles. The van der Waals surface area contributed by atoms with Gasteiger partial charge < -0.3 is 14.7 Å². The molecule has 0 radical (unpaired) electrons. The summed E-state index contributed by atoms with van der Waals surface area (Å²) in [6, 6.07) is 10.8. The van der Waals surface area contributed by atoms with Gasteiger partial charge in [0.2, 0.25) is 11.8 Å². The predicted molar refractivity (Wildman–Crippen MR) is 110 cm³/mol. The number of hydrogen-bond acceptors (Lipinski definition) is 3. The van der Waals surface area contributed by atoms with Gasteiger partial charge in [0, 0.05) is 44.6 Å². The van der Waals surface area contributed by atoms with Crippen LogP contribution in [-0.4, -0.2) is 65.8 Å². The van der Waals surface area contributed by atoms with E-state index in [1.807, 2.05) is 30.1 Å². The van der Waals surface area contributed by atoms with Crippen molar-refractivity contribution in [3.05, 3.63) is 35.9 Å². The van der Waals surface area contributed by atoms with Crippen LogP contribution in [0.4, 0.5) is 0 Å². The van der Waals surface area contributed by atoms with Crippen molar-refractivity contribution in [3.63, 3.8) is 0 Å². The Bertz CT molecular complexity index is 672. The number of likely N-dealkylation sites (tertiary alicyclic amines) is 2. The van der Waals surface area contributed by atoms with Gasteiger partial charge in [-0.1, -0.05) is 30.3 Å². The molecule has 3 fully saturated rings. The summed E-state index contributed by atoms with van der Waals surface area (Å²) in [6.07, 6.45) is 6.28. The lowest BCUT2D eigenvalue weighted by Crippen LogP contribution is -2.50. The van der Waals surface area contributed by atoms with Gasteiger partial charge in [0.15, 0.2) is 0 Å². The Morgan fingerprint density at radius 2 is 1.54 bits per heavy atom. The summed E-state index contributed by atoms with van der Waals surface area (Å²) in [5.41, 5.74) is 1.18. The molecule has 1 aromatic carbocycles. The molecule has 4 rings (SSSR count). The van der Waals surface area contributed by atoms with Crippen LogP contribution < -0.4 is 0 Å². The molecule has 152 valence electrons. The summed E-state index contributed by atoms with van der Waals surface area (Å²) < 4.78 is 0. The lowest BCUT2D eigenvalue weighted by atomic mass is 9.92. The fraction of sp³-hybridized carbons (Fsp3) is 0.652. The van der Waals surface area contributed by atoms with Gasteiger partial charge in [0.05, 0.1) is 0 Å². The molecule has 1 aromatic rings. The first kappa shape index (κ1) is 19.4. The zero-order chi connectivity index (χ0) is 19.5. The van der Waals surface area contributed by atoms with Crippen LogP contribution in [0.1, 0.15) is 44.1 Å². The van der Waals surface area contributed by atoms with E-state index < -0.39 is 0 Å². The molecular formula is C23H33N3O2. The summed E-state index contributed by atoms with van der Waals surface area (Å²) in [5.74, 6) is 1.17. The van der Waals surface area contributed by atoms with Crippen molar-refractivity contribution >= 4 is 11.8 Å². The van der Waals surface area contributed by atoms with E-state index in [-0.39, 0.29) is 11.8 Å². The summed E-state index contributed by atoms with van der Waals surface area (Å²) >= 11 is 0. The Balaban J connectivity index is 1.21. The molecule has 1 saturated carbocycles. The predicted octanol–water partition coefficient (Wildman–Crippen LogP) is 2.76. The third-order valence-corrected chi connectivity index (χ3v) is 6.74. The lowest BCUT2D eigenvalue weighted by molar-refractivity contribution is -0.137. The molecule has 0 aromatic heterocycles. The largest absolute Gasteiger partial charge is 0.342 e. The quantitative estimate of drug-likeness (QED) is 0.785. The maximum absolute atomic E-state index is 12.8. The molecule has 3 aliphatic rings. The van der Waals surface area contributed by atoms with Gasteiger partial charge in [-0.3, -0.25) is 9.59 Å². The zero-order valence-electron chi connectivity index (χ0n) is 17.1. The molecule has 0 unspecified atom stereocenters. The minimum absolute atomic E-state index is 0.154. The van der Waals surface area contributed by atoms with Gasteiger partial charge in [-0.15, -0.1) is 0 Å². The number of benzene rings is 1. The highest BCUT2D eigenvalue weighted by molar-refractivity contribution is 5.81. The minimum Gasteiger partial charge on any atom is -0.342 e. The highest BCUT2D eigenvalue weighted by atomic mass is 16.2. The van der Waals surface area contributed by atoms with Crippen molar-refractivity contribution in [2.75, 3.05) is 33.2 Å². The molecule has 0 spiro atoms. The van der Waals surface area contributed by atoms with Crippen LogP contribution in [-0.2, 0) is 16.1 Å². The monoisotopic (exact) mass is 383 g/mol. The summed E-state index contributed by atoms with van der Waals surface area (Å²) in [7, 11) is 1.92. The molecule has 2 amide bonds. The molecule has 2 heterocycles. The van der Waals surface area contributed by atoms with Crippen molar-refractivity contribution in [1.82, 2.24) is 14.7 Å². The van der Waals surface area contributed by atoms with E-state index in [0.717, 1.165) is 64.7 Å². The Kier molecular flexibility index (Phi) is 6.00. The average Bonchev–Trinajstić information content (AvgIpc) is 3.59. The molecule has 5 heteroatoms. The summed E-state index contributed by atoms with van der Waals surface area (Å²) in [5, 5.41) is 0. The van der Waals surface area contributed by atoms with Gasteiger partial charge in [0.25, 0.3) is 0 Å². The number of amides is 2. The van der Waals surface area contributed by atoms with E-state index in [2.05, 4.69) is 21.9 Å². The number of piperidine rings is 2. The summed E-state index contributed by atoms with van der Waals surface area (Å²) in [4.78, 5) is 31.6. The van der Waals surface area contributed by atoms with Crippen LogP contribution in [0.3, 0.4) is 0 Å². The van der Waals surface area contributed by atoms with E-state index in [9.17, 15) is 9.59 Å². The second-order valence-corrected chi connectivity index (χ2v) is 8.82. The second kappa shape index (κ2) is 8.64. The SMILES string of the molecule is CN(Cc1ccccc1)C(=O)C1CCN(C2CCN(C(=O)C3CC3)CC2)CC1. The van der Waals surface area contributed by atoms with Gasteiger partial charge in [-0.2, -0.15) is 0 Å². The second-order valence-electron chi connectivity index (χ2n) is 8.82. The first-order valence-electron chi connectivity index (χ1n) is 10.9. The van der Waals surface area contributed by atoms with Crippen LogP contribution in [0.5, 0.6) is 0 Å². The Morgan fingerprint density at radius 1 is 0.893 bits per heavy atom. The van der Waals surface area contributed by atoms with E-state index in [1.165, 1.54) is 5.56 Å². The number of nitrogens with zero attached hydrogens (tertiary/aromatic N) is 3. The zero-order valence-corrected chi connectivity index (χ0v) is 17.1. The van der Waals surface area contributed by atoms with Crippen LogP contribution in [0.15, 0.2) is 30.3 Å². The minimum atomic E-state index is 0.154. The topological polar surface area (TPSA) is 43.9 Å². The summed E-state index contributed by atoms with van der Waals surface area (Å²) in [6.45, 7) is 4.54. The molecule has 0 N–H and O–H groups in total. The molecule has 1 aliphatic carbocycles. The van der Waals surface area contributed by atoms with Crippen molar-refractivity contribution in [2.24, 2.45) is 11.8 Å². The van der Waals surface area contributed by atoms with E-state index in [1.54, 1.807) is 0 Å². The van der Waals surface area contributed by atoms with Crippen molar-refractivity contribution < 1.29 is 9.59 Å². The van der Waals surface area contributed by atoms with Crippen molar-refractivity contribution in [3.8, 4) is 0 Å². The van der Waals surface area contributed by atoms with Gasteiger partial charge in [-0.05, 0) is 57.2 Å². The van der Waals surface area contributed by atoms with Gasteiger partial charge in [0.1, 0.15) is 0 Å². The maximum atomic E-state index is 12.8. The fourth-order valence-corrected chi connectivity index (χ4v) is 4.80. The highest BCUT2D eigenvalue weighted by Gasteiger charge is 2.36. The Hall–Kier alpha value is -1.88. The van der Waals surface area contributed by atoms with E-state index >= 15 is 0 Å². The molecular weight excluding hydrogens is 350 g/mol. The van der Waals surface area contributed by atoms with E-state index in [4.69, 9.17) is 0 Å². The van der Waals surface area contributed by atoms with Crippen LogP contribution in [0.25, 0.3) is 0 Å². The Labute approximate surface area is 168 Å². The smallest absolute Gasteiger partial charge is 0.225 e. The number of carbonyl (C=O) groups is 2. The Morgan fingerprint density at radius 3 is 2.14 bits per heavy atom. The maximum Gasteiger partial charge on any atom is 0.225 e. The average molecular weight is 384 g/mol. The molecule has 5 nitrogen and oxygen atoms in total. The lowest BCUT2D eigenvalue weighted by Gasteiger charge is -2.42.